The van der Waals surface area contributed by atoms with Gasteiger partial charge < -0.3 is 4.74 Å². The lowest BCUT2D eigenvalue weighted by Crippen LogP contribution is -2.13. The number of unbranched alkanes of at least 4 members (excludes halogenated alkanes) is 5. The molecule has 0 bridgehead atoms. The average Bonchev–Trinajstić information content (AvgIpc) is 2.84. The molecule has 1 aliphatic rings. The highest BCUT2D eigenvalue weighted by atomic mass is 16.5. The number of rotatable bonds is 11. The Morgan fingerprint density at radius 2 is 1.34 bits per heavy atom. The smallest absolute Gasteiger partial charge is 0.119 e. The van der Waals surface area contributed by atoms with Crippen LogP contribution >= 0.6 is 0 Å². The summed E-state index contributed by atoms with van der Waals surface area (Å²) in [6, 6.07) is 17.1. The lowest BCUT2D eigenvalue weighted by Gasteiger charge is -2.25. The quantitative estimate of drug-likeness (QED) is 0.255. The summed E-state index contributed by atoms with van der Waals surface area (Å²) in [6.45, 7) is 5.27. The molecule has 0 aliphatic heterocycles. The van der Waals surface area contributed by atoms with Gasteiger partial charge in [0.05, 0.1) is 6.61 Å². The van der Waals surface area contributed by atoms with Gasteiger partial charge in [0.25, 0.3) is 0 Å². The average molecular weight is 431 g/mol. The minimum Gasteiger partial charge on any atom is -0.494 e. The monoisotopic (exact) mass is 430 g/mol. The maximum absolute atomic E-state index is 5.77. The van der Waals surface area contributed by atoms with Crippen LogP contribution in [0.4, 0.5) is 0 Å². The summed E-state index contributed by atoms with van der Waals surface area (Å²) >= 11 is 0. The van der Waals surface area contributed by atoms with Crippen molar-refractivity contribution in [2.45, 2.75) is 90.9 Å². The van der Waals surface area contributed by atoms with Crippen LogP contribution in [0.1, 0.15) is 96.5 Å². The van der Waals surface area contributed by atoms with Crippen molar-refractivity contribution in [1.82, 2.24) is 0 Å². The van der Waals surface area contributed by atoms with E-state index in [1.165, 1.54) is 75.3 Å². The second-order valence-electron chi connectivity index (χ2n) is 9.49. The summed E-state index contributed by atoms with van der Waals surface area (Å²) in [5.41, 5.74) is 3.58. The Morgan fingerprint density at radius 3 is 2.00 bits per heavy atom. The fraction of sp³-hybridized carbons (Fsp3) is 0.548. The Balaban J connectivity index is 1.43. The Bertz CT molecular complexity index is 814. The second kappa shape index (κ2) is 14.1. The topological polar surface area (TPSA) is 9.23 Å². The minimum absolute atomic E-state index is 0.589. The standard InChI is InChI=1S/C31H42O/c1-3-5-7-8-9-10-26-11-13-27(14-12-26)15-16-28-17-19-29(20-18-28)30-21-23-31(24-22-30)32-25-6-4-2/h17-24,26-27H,3-14,25H2,1-2H3. The molecule has 1 aliphatic carbocycles. The van der Waals surface area contributed by atoms with Gasteiger partial charge in [-0.05, 0) is 73.4 Å². The zero-order valence-electron chi connectivity index (χ0n) is 20.4. The lowest BCUT2D eigenvalue weighted by molar-refractivity contribution is 0.294. The summed E-state index contributed by atoms with van der Waals surface area (Å²) in [7, 11) is 0. The van der Waals surface area contributed by atoms with Gasteiger partial charge in [0.1, 0.15) is 5.75 Å². The number of ether oxygens (including phenoxy) is 1. The van der Waals surface area contributed by atoms with Crippen molar-refractivity contribution in [3.8, 4) is 28.7 Å². The molecule has 32 heavy (non-hydrogen) atoms. The van der Waals surface area contributed by atoms with Crippen molar-refractivity contribution in [3.05, 3.63) is 54.1 Å². The second-order valence-corrected chi connectivity index (χ2v) is 9.49. The van der Waals surface area contributed by atoms with Crippen molar-refractivity contribution >= 4 is 0 Å². The fourth-order valence-electron chi connectivity index (χ4n) is 4.64. The SMILES string of the molecule is CCCCCCCC1CCC(C#Cc2ccc(-c3ccc(OCCCC)cc3)cc2)CC1. The molecule has 0 N–H and O–H groups in total. The van der Waals surface area contributed by atoms with Gasteiger partial charge in [-0.15, -0.1) is 0 Å². The first-order chi connectivity index (χ1) is 15.8. The third kappa shape index (κ3) is 8.38. The van der Waals surface area contributed by atoms with Gasteiger partial charge in [-0.25, -0.2) is 0 Å². The maximum Gasteiger partial charge on any atom is 0.119 e. The van der Waals surface area contributed by atoms with Crippen LogP contribution in [-0.4, -0.2) is 6.61 Å². The normalized spacial score (nSPS) is 18.1. The van der Waals surface area contributed by atoms with Crippen LogP contribution in [0.25, 0.3) is 11.1 Å². The molecule has 0 unspecified atom stereocenters. The summed E-state index contributed by atoms with van der Waals surface area (Å²) < 4.78 is 5.77. The minimum atomic E-state index is 0.589. The number of benzene rings is 2. The highest BCUT2D eigenvalue weighted by molar-refractivity contribution is 5.65. The summed E-state index contributed by atoms with van der Waals surface area (Å²) in [6.07, 6.45) is 16.1. The molecule has 2 aromatic carbocycles. The molecule has 0 spiro atoms. The zero-order chi connectivity index (χ0) is 22.4. The molecule has 172 valence electrons. The Morgan fingerprint density at radius 1 is 0.719 bits per heavy atom. The van der Waals surface area contributed by atoms with Gasteiger partial charge in [0, 0.05) is 11.5 Å². The Labute approximate surface area is 197 Å². The van der Waals surface area contributed by atoms with Crippen molar-refractivity contribution in [3.63, 3.8) is 0 Å². The van der Waals surface area contributed by atoms with Crippen LogP contribution in [0, 0.1) is 23.7 Å². The molecule has 1 nitrogen and oxygen atoms in total. The van der Waals surface area contributed by atoms with E-state index >= 15 is 0 Å². The van der Waals surface area contributed by atoms with E-state index in [9.17, 15) is 0 Å². The van der Waals surface area contributed by atoms with E-state index < -0.39 is 0 Å². The third-order valence-corrected chi connectivity index (χ3v) is 6.82. The molecule has 0 heterocycles. The molecule has 0 aromatic heterocycles. The summed E-state index contributed by atoms with van der Waals surface area (Å²) in [5, 5.41) is 0. The maximum atomic E-state index is 5.77. The molecule has 2 aromatic rings. The van der Waals surface area contributed by atoms with E-state index in [1.54, 1.807) is 0 Å². The Kier molecular flexibility index (Phi) is 10.7. The van der Waals surface area contributed by atoms with Gasteiger partial charge in [0.2, 0.25) is 0 Å². The molecular formula is C31H42O. The molecule has 0 saturated heterocycles. The van der Waals surface area contributed by atoms with Gasteiger partial charge >= 0.3 is 0 Å². The van der Waals surface area contributed by atoms with Crippen LogP contribution in [0.15, 0.2) is 48.5 Å². The number of hydrogen-bond donors (Lipinski definition) is 0. The van der Waals surface area contributed by atoms with Crippen molar-refractivity contribution in [2.75, 3.05) is 6.61 Å². The van der Waals surface area contributed by atoms with Gasteiger partial charge in [-0.2, -0.15) is 0 Å². The number of hydrogen-bond acceptors (Lipinski definition) is 1. The fourth-order valence-corrected chi connectivity index (χ4v) is 4.64. The largest absolute Gasteiger partial charge is 0.494 e. The van der Waals surface area contributed by atoms with Gasteiger partial charge in [0.15, 0.2) is 0 Å². The molecule has 1 heteroatoms. The summed E-state index contributed by atoms with van der Waals surface area (Å²) in [5.74, 6) is 9.51. The molecule has 1 fully saturated rings. The summed E-state index contributed by atoms with van der Waals surface area (Å²) in [4.78, 5) is 0. The van der Waals surface area contributed by atoms with E-state index in [1.807, 2.05) is 0 Å². The van der Waals surface area contributed by atoms with Crippen LogP contribution in [0.5, 0.6) is 5.75 Å². The van der Waals surface area contributed by atoms with Gasteiger partial charge in [-0.1, -0.05) is 94.9 Å². The highest BCUT2D eigenvalue weighted by Gasteiger charge is 2.19. The van der Waals surface area contributed by atoms with Crippen LogP contribution in [0.2, 0.25) is 0 Å². The third-order valence-electron chi connectivity index (χ3n) is 6.82. The van der Waals surface area contributed by atoms with E-state index in [0.717, 1.165) is 36.7 Å². The van der Waals surface area contributed by atoms with E-state index in [4.69, 9.17) is 4.74 Å². The van der Waals surface area contributed by atoms with E-state index in [0.29, 0.717) is 5.92 Å². The molecule has 0 radical (unpaired) electrons. The van der Waals surface area contributed by atoms with Crippen LogP contribution < -0.4 is 4.74 Å². The van der Waals surface area contributed by atoms with Crippen molar-refractivity contribution < 1.29 is 4.74 Å². The first kappa shape index (κ1) is 24.4. The lowest BCUT2D eigenvalue weighted by atomic mass is 9.80. The van der Waals surface area contributed by atoms with E-state index in [2.05, 4.69) is 74.2 Å². The predicted octanol–water partition coefficient (Wildman–Crippen LogP) is 9.05. The first-order valence-corrected chi connectivity index (χ1v) is 13.1. The Hall–Kier alpha value is -2.20. The zero-order valence-corrected chi connectivity index (χ0v) is 20.4. The van der Waals surface area contributed by atoms with Crippen molar-refractivity contribution in [1.29, 1.82) is 0 Å². The van der Waals surface area contributed by atoms with Crippen LogP contribution in [0.3, 0.4) is 0 Å². The molecular weight excluding hydrogens is 388 g/mol. The first-order valence-electron chi connectivity index (χ1n) is 13.1. The van der Waals surface area contributed by atoms with Crippen LogP contribution in [-0.2, 0) is 0 Å². The molecule has 0 amide bonds. The predicted molar refractivity (Wildman–Crippen MR) is 138 cm³/mol. The van der Waals surface area contributed by atoms with Gasteiger partial charge in [-0.3, -0.25) is 0 Å². The van der Waals surface area contributed by atoms with Crippen molar-refractivity contribution in [2.24, 2.45) is 11.8 Å². The van der Waals surface area contributed by atoms with E-state index in [-0.39, 0.29) is 0 Å². The molecule has 1 saturated carbocycles. The molecule has 3 rings (SSSR count). The molecule has 0 atom stereocenters. The highest BCUT2D eigenvalue weighted by Crippen LogP contribution is 2.32.